The zero-order chi connectivity index (χ0) is 46.9. The molecule has 0 radical (unpaired) electrons. The van der Waals surface area contributed by atoms with Gasteiger partial charge in [-0.2, -0.15) is 0 Å². The van der Waals surface area contributed by atoms with Crippen molar-refractivity contribution in [3.8, 4) is 0 Å². The topological polar surface area (TPSA) is 94.1 Å². The van der Waals surface area contributed by atoms with Gasteiger partial charge in [0.2, 0.25) is 0 Å². The number of rotatable bonds is 50. The zero-order valence-corrected chi connectivity index (χ0v) is 43.6. The van der Waals surface area contributed by atoms with Crippen LogP contribution in [0.25, 0.3) is 0 Å². The molecule has 0 saturated carbocycles. The van der Waals surface area contributed by atoms with Crippen molar-refractivity contribution in [2.75, 3.05) is 54.1 Å². The Hall–Kier alpha value is -1.54. The maximum atomic E-state index is 12.8. The maximum Gasteiger partial charge on any atom is 0.306 e. The molecule has 0 aliphatic rings. The van der Waals surface area contributed by atoms with Crippen LogP contribution >= 0.6 is 7.82 Å². The van der Waals surface area contributed by atoms with Gasteiger partial charge in [0.25, 0.3) is 7.82 Å². The Morgan fingerprint density at radius 1 is 0.500 bits per heavy atom. The van der Waals surface area contributed by atoms with E-state index >= 15 is 0 Å². The molecule has 0 heterocycles. The van der Waals surface area contributed by atoms with E-state index in [1.807, 2.05) is 21.1 Å². The van der Waals surface area contributed by atoms with Gasteiger partial charge in [-0.05, 0) is 51.4 Å². The van der Waals surface area contributed by atoms with Crippen molar-refractivity contribution in [2.24, 2.45) is 0 Å². The minimum atomic E-state index is -4.53. The predicted molar refractivity (Wildman–Crippen MR) is 273 cm³/mol. The second-order valence-corrected chi connectivity index (χ2v) is 20.6. The van der Waals surface area contributed by atoms with Crippen LogP contribution in [0.2, 0.25) is 0 Å². The summed E-state index contributed by atoms with van der Waals surface area (Å²) in [7, 11) is 1.36. The summed E-state index contributed by atoms with van der Waals surface area (Å²) in [6, 6.07) is 0. The highest BCUT2D eigenvalue weighted by Crippen LogP contribution is 2.38. The number of likely N-dealkylation sites (N-methyl/N-ethyl adjacent to an activating group) is 1. The fourth-order valence-corrected chi connectivity index (χ4v) is 8.27. The van der Waals surface area contributed by atoms with Crippen molar-refractivity contribution >= 4 is 13.8 Å². The van der Waals surface area contributed by atoms with E-state index in [4.69, 9.17) is 18.5 Å². The molecule has 0 aromatic rings. The van der Waals surface area contributed by atoms with Crippen LogP contribution in [0.4, 0.5) is 0 Å². The van der Waals surface area contributed by atoms with Crippen LogP contribution in [0.15, 0.2) is 48.6 Å². The van der Waals surface area contributed by atoms with Gasteiger partial charge in [0.1, 0.15) is 19.3 Å². The first-order valence-electron chi connectivity index (χ1n) is 26.9. The van der Waals surface area contributed by atoms with Gasteiger partial charge in [0.05, 0.1) is 34.4 Å². The molecule has 0 aliphatic carbocycles. The monoisotopic (exact) mass is 922 g/mol. The molecule has 0 aromatic heterocycles. The van der Waals surface area contributed by atoms with E-state index in [1.165, 1.54) is 161 Å². The molecule has 0 saturated heterocycles. The smallest absolute Gasteiger partial charge is 0.306 e. The van der Waals surface area contributed by atoms with Crippen molar-refractivity contribution in [3.05, 3.63) is 48.6 Å². The molecule has 0 aromatic carbocycles. The molecule has 0 rings (SSSR count). The predicted octanol–water partition coefficient (Wildman–Crippen LogP) is 16.0. The van der Waals surface area contributed by atoms with E-state index in [9.17, 15) is 14.3 Å². The largest absolute Gasteiger partial charge is 0.756 e. The Balaban J connectivity index is 4.08. The van der Waals surface area contributed by atoms with E-state index in [-0.39, 0.29) is 25.8 Å². The summed E-state index contributed by atoms with van der Waals surface area (Å²) < 4.78 is 34.8. The lowest BCUT2D eigenvalue weighted by molar-refractivity contribution is -0.870. The number of ether oxygens (including phenoxy) is 2. The van der Waals surface area contributed by atoms with E-state index in [0.717, 1.165) is 57.8 Å². The molecule has 2 atom stereocenters. The number of nitrogens with zero attached hydrogens (tertiary/aromatic N) is 1. The zero-order valence-electron chi connectivity index (χ0n) is 42.7. The van der Waals surface area contributed by atoms with Gasteiger partial charge in [-0.1, -0.05) is 229 Å². The number of quaternary nitrogens is 1. The van der Waals surface area contributed by atoms with Crippen molar-refractivity contribution in [1.29, 1.82) is 0 Å². The third-order valence-electron chi connectivity index (χ3n) is 11.6. The maximum absolute atomic E-state index is 12.8. The number of carbonyl (C=O) groups is 1. The molecule has 2 unspecified atom stereocenters. The van der Waals surface area contributed by atoms with Crippen LogP contribution in [0.3, 0.4) is 0 Å². The molecule has 8 nitrogen and oxygen atoms in total. The normalized spacial score (nSPS) is 13.9. The van der Waals surface area contributed by atoms with Crippen molar-refractivity contribution in [1.82, 2.24) is 0 Å². The molecule has 9 heteroatoms. The highest BCUT2D eigenvalue weighted by molar-refractivity contribution is 7.45. The molecular weight excluding hydrogens is 818 g/mol. The van der Waals surface area contributed by atoms with Crippen LogP contribution < -0.4 is 4.89 Å². The molecule has 0 bridgehead atoms. The van der Waals surface area contributed by atoms with Crippen LogP contribution in [0, 0.1) is 0 Å². The number of hydrogen-bond donors (Lipinski definition) is 0. The summed E-state index contributed by atoms with van der Waals surface area (Å²) in [5, 5.41) is 0. The summed E-state index contributed by atoms with van der Waals surface area (Å²) in [5.41, 5.74) is 0. The molecule has 0 fully saturated rings. The lowest BCUT2D eigenvalue weighted by Gasteiger charge is -2.28. The number of allylic oxidation sites excluding steroid dienone is 8. The molecule has 376 valence electrons. The fourth-order valence-electron chi connectivity index (χ4n) is 7.54. The average molecular weight is 922 g/mol. The third kappa shape index (κ3) is 51.4. The minimum Gasteiger partial charge on any atom is -0.756 e. The molecule has 0 spiro atoms. The molecule has 64 heavy (non-hydrogen) atoms. The Labute approximate surface area is 397 Å². The average Bonchev–Trinajstić information content (AvgIpc) is 3.25. The van der Waals surface area contributed by atoms with Gasteiger partial charge in [-0.15, -0.1) is 0 Å². The first kappa shape index (κ1) is 62.5. The van der Waals surface area contributed by atoms with Crippen LogP contribution in [0.5, 0.6) is 0 Å². The number of carbonyl (C=O) groups excluding carboxylic acids is 1. The Kier molecular flexibility index (Phi) is 46.8. The van der Waals surface area contributed by atoms with Gasteiger partial charge in [-0.25, -0.2) is 0 Å². The second-order valence-electron chi connectivity index (χ2n) is 19.2. The van der Waals surface area contributed by atoms with Gasteiger partial charge in [-0.3, -0.25) is 9.36 Å². The number of hydrogen-bond acceptors (Lipinski definition) is 7. The quantitative estimate of drug-likeness (QED) is 0.0197. The van der Waals surface area contributed by atoms with E-state index in [0.29, 0.717) is 24.1 Å². The van der Waals surface area contributed by atoms with Crippen molar-refractivity contribution < 1.29 is 37.3 Å². The highest BCUT2D eigenvalue weighted by atomic mass is 31.2. The summed E-state index contributed by atoms with van der Waals surface area (Å²) >= 11 is 0. The number of unbranched alkanes of at least 4 members (excludes halogenated alkanes) is 28. The minimum absolute atomic E-state index is 0.0265. The van der Waals surface area contributed by atoms with Gasteiger partial charge >= 0.3 is 5.97 Å². The number of phosphoric ester groups is 1. The van der Waals surface area contributed by atoms with E-state index in [2.05, 4.69) is 62.5 Å². The summed E-state index contributed by atoms with van der Waals surface area (Å²) in [6.45, 7) is 5.34. The van der Waals surface area contributed by atoms with Crippen LogP contribution in [0.1, 0.15) is 239 Å². The van der Waals surface area contributed by atoms with Crippen molar-refractivity contribution in [3.63, 3.8) is 0 Å². The molecule has 0 amide bonds. The molecule has 0 aliphatic heterocycles. The molecular formula is C55H104NO7P. The van der Waals surface area contributed by atoms with Gasteiger partial charge < -0.3 is 27.9 Å². The number of phosphoric acid groups is 1. The van der Waals surface area contributed by atoms with Crippen molar-refractivity contribution in [2.45, 2.75) is 245 Å². The van der Waals surface area contributed by atoms with Gasteiger partial charge in [0.15, 0.2) is 0 Å². The Morgan fingerprint density at radius 2 is 0.906 bits per heavy atom. The lowest BCUT2D eigenvalue weighted by Crippen LogP contribution is -2.37. The summed E-state index contributed by atoms with van der Waals surface area (Å²) in [6.07, 6.45) is 59.9. The number of esters is 1. The summed E-state index contributed by atoms with van der Waals surface area (Å²) in [5.74, 6) is -0.333. The fraction of sp³-hybridized carbons (Fsp3) is 0.836. The Morgan fingerprint density at radius 3 is 1.36 bits per heavy atom. The highest BCUT2D eigenvalue weighted by Gasteiger charge is 2.20. The van der Waals surface area contributed by atoms with Crippen LogP contribution in [-0.4, -0.2) is 70.7 Å². The third-order valence-corrected chi connectivity index (χ3v) is 12.6. The Bertz CT molecular complexity index is 1160. The second kappa shape index (κ2) is 47.9. The van der Waals surface area contributed by atoms with Gasteiger partial charge in [0, 0.05) is 13.0 Å². The molecule has 0 N–H and O–H groups in total. The van der Waals surface area contributed by atoms with E-state index in [1.54, 1.807) is 0 Å². The summed E-state index contributed by atoms with van der Waals surface area (Å²) in [4.78, 5) is 25.2. The first-order chi connectivity index (χ1) is 31.1. The van der Waals surface area contributed by atoms with E-state index < -0.39 is 13.9 Å². The van der Waals surface area contributed by atoms with Crippen LogP contribution in [-0.2, 0) is 27.9 Å². The first-order valence-corrected chi connectivity index (χ1v) is 28.3. The standard InChI is InChI=1S/C55H104NO7P/c1-6-8-10-12-14-16-18-20-22-24-25-26-27-28-29-30-31-32-34-36-38-40-42-44-46-48-55(57)63-54(53-62-64(58,59)61-51-49-56(3,4)5)52-60-50-47-45-43-41-39-37-35-33-23-21-19-17-15-13-11-9-7-2/h8,10,14,16,20,22,25-26,54H,6-7,9,11-13,15,17-19,21,23-24,27-53H2,1-5H3/b10-8-,16-14-,22-20-,26-25-. The lowest BCUT2D eigenvalue weighted by atomic mass is 10.0. The SMILES string of the molecule is CC/C=C\C/C=C\C/C=C\C/C=C\CCCCCCCCCCCCCCC(=O)OC(COCCCCCCCCCCCCCCCCCCC)COP(=O)([O-])OCC[N+](C)(C)C.